The van der Waals surface area contributed by atoms with Gasteiger partial charge in [-0.1, -0.05) is 24.1 Å². The summed E-state index contributed by atoms with van der Waals surface area (Å²) in [6, 6.07) is 7.23. The molecular formula is C15H16N2O3S2. The first-order chi connectivity index (χ1) is 10.4. The van der Waals surface area contributed by atoms with Gasteiger partial charge in [0.2, 0.25) is 0 Å². The molecule has 0 bridgehead atoms. The molecular weight excluding hydrogens is 320 g/mol. The Hall–Kier alpha value is -1.88. The van der Waals surface area contributed by atoms with E-state index in [9.17, 15) is 8.42 Å². The van der Waals surface area contributed by atoms with Crippen molar-refractivity contribution in [3.05, 3.63) is 41.0 Å². The number of thiazole rings is 1. The quantitative estimate of drug-likeness (QED) is 0.760. The summed E-state index contributed by atoms with van der Waals surface area (Å²) in [5.41, 5.74) is 0.755. The fourth-order valence-corrected chi connectivity index (χ4v) is 4.30. The lowest BCUT2D eigenvalue weighted by atomic mass is 10.2. The van der Waals surface area contributed by atoms with Crippen LogP contribution in [0.5, 0.6) is 5.75 Å². The van der Waals surface area contributed by atoms with Crippen LogP contribution in [-0.4, -0.2) is 31.4 Å². The van der Waals surface area contributed by atoms with E-state index < -0.39 is 10.0 Å². The molecule has 0 spiro atoms. The molecule has 0 fully saturated rings. The predicted molar refractivity (Wildman–Crippen MR) is 86.3 cm³/mol. The van der Waals surface area contributed by atoms with Gasteiger partial charge in [-0.3, -0.25) is 0 Å². The summed E-state index contributed by atoms with van der Waals surface area (Å²) in [6.45, 7) is 2.11. The number of para-hydroxylation sites is 1. The monoisotopic (exact) mass is 336 g/mol. The second kappa shape index (κ2) is 6.92. The number of terminal acetylenes is 1. The van der Waals surface area contributed by atoms with E-state index in [1.54, 1.807) is 13.0 Å². The van der Waals surface area contributed by atoms with Crippen molar-refractivity contribution in [2.24, 2.45) is 0 Å². The molecule has 116 valence electrons. The first kappa shape index (κ1) is 16.5. The molecule has 2 aromatic rings. The van der Waals surface area contributed by atoms with E-state index in [0.717, 1.165) is 16.9 Å². The summed E-state index contributed by atoms with van der Waals surface area (Å²) in [6.07, 6.45) is 6.57. The van der Waals surface area contributed by atoms with E-state index in [-0.39, 0.29) is 17.4 Å². The van der Waals surface area contributed by atoms with E-state index >= 15 is 0 Å². The van der Waals surface area contributed by atoms with Crippen LogP contribution in [0.25, 0.3) is 0 Å². The highest BCUT2D eigenvalue weighted by molar-refractivity contribution is 7.91. The number of ether oxygens (including phenoxy) is 1. The summed E-state index contributed by atoms with van der Waals surface area (Å²) in [4.78, 5) is 4.00. The summed E-state index contributed by atoms with van der Waals surface area (Å²) in [5, 5.41) is 0.713. The van der Waals surface area contributed by atoms with Crippen LogP contribution in [0.4, 0.5) is 0 Å². The Labute approximate surface area is 134 Å². The lowest BCUT2D eigenvalue weighted by Crippen LogP contribution is -2.26. The third-order valence-electron chi connectivity index (χ3n) is 2.94. The van der Waals surface area contributed by atoms with Crippen molar-refractivity contribution in [1.29, 1.82) is 0 Å². The topological polar surface area (TPSA) is 59.5 Å². The Morgan fingerprint density at radius 1 is 1.41 bits per heavy atom. The highest BCUT2D eigenvalue weighted by Crippen LogP contribution is 2.25. The molecule has 0 unspecified atom stereocenters. The molecule has 5 nitrogen and oxygen atoms in total. The van der Waals surface area contributed by atoms with Crippen LogP contribution in [-0.2, 0) is 16.6 Å². The van der Waals surface area contributed by atoms with Gasteiger partial charge in [0.15, 0.2) is 4.21 Å². The molecule has 1 aromatic heterocycles. The molecule has 0 aliphatic carbocycles. The maximum atomic E-state index is 12.5. The zero-order valence-electron chi connectivity index (χ0n) is 12.3. The SMILES string of the molecule is C#CCOc1ccccc1CN(C)S(=O)(=O)c1cnc(C)s1. The van der Waals surface area contributed by atoms with Gasteiger partial charge in [-0.2, -0.15) is 4.31 Å². The van der Waals surface area contributed by atoms with Gasteiger partial charge in [-0.25, -0.2) is 13.4 Å². The Balaban J connectivity index is 2.22. The molecule has 0 amide bonds. The second-order valence-corrected chi connectivity index (χ2v) is 8.07. The molecule has 0 radical (unpaired) electrons. The summed E-state index contributed by atoms with van der Waals surface area (Å²) >= 11 is 1.15. The van der Waals surface area contributed by atoms with Gasteiger partial charge in [0, 0.05) is 19.2 Å². The minimum Gasteiger partial charge on any atom is -0.481 e. The van der Waals surface area contributed by atoms with Crippen molar-refractivity contribution in [2.45, 2.75) is 17.7 Å². The van der Waals surface area contributed by atoms with E-state index in [1.807, 2.05) is 18.2 Å². The highest BCUT2D eigenvalue weighted by atomic mass is 32.2. The van der Waals surface area contributed by atoms with Crippen LogP contribution in [0.3, 0.4) is 0 Å². The number of aryl methyl sites for hydroxylation is 1. The van der Waals surface area contributed by atoms with Crippen molar-refractivity contribution in [3.63, 3.8) is 0 Å². The first-order valence-electron chi connectivity index (χ1n) is 6.48. The Bertz CT molecular complexity index is 791. The third kappa shape index (κ3) is 3.65. The molecule has 0 atom stereocenters. The summed E-state index contributed by atoms with van der Waals surface area (Å²) in [7, 11) is -2.03. The van der Waals surface area contributed by atoms with Gasteiger partial charge in [0.25, 0.3) is 10.0 Å². The number of rotatable bonds is 6. The number of aromatic nitrogens is 1. The van der Waals surface area contributed by atoms with Gasteiger partial charge < -0.3 is 4.74 Å². The van der Waals surface area contributed by atoms with Crippen molar-refractivity contribution in [1.82, 2.24) is 9.29 Å². The lowest BCUT2D eigenvalue weighted by Gasteiger charge is -2.17. The fraction of sp³-hybridized carbons (Fsp3) is 0.267. The maximum Gasteiger partial charge on any atom is 0.254 e. The van der Waals surface area contributed by atoms with Crippen molar-refractivity contribution in [3.8, 4) is 18.1 Å². The Kier molecular flexibility index (Phi) is 5.19. The third-order valence-corrected chi connectivity index (χ3v) is 6.09. The van der Waals surface area contributed by atoms with Gasteiger partial charge in [-0.05, 0) is 13.0 Å². The minimum atomic E-state index is -3.56. The molecule has 0 saturated heterocycles. The molecule has 0 N–H and O–H groups in total. The highest BCUT2D eigenvalue weighted by Gasteiger charge is 2.24. The van der Waals surface area contributed by atoms with E-state index in [4.69, 9.17) is 11.2 Å². The first-order valence-corrected chi connectivity index (χ1v) is 8.73. The Morgan fingerprint density at radius 2 is 2.14 bits per heavy atom. The molecule has 0 aliphatic heterocycles. The summed E-state index contributed by atoms with van der Waals surface area (Å²) < 4.78 is 31.9. The van der Waals surface area contributed by atoms with E-state index in [2.05, 4.69) is 10.9 Å². The van der Waals surface area contributed by atoms with Crippen LogP contribution in [0.1, 0.15) is 10.6 Å². The zero-order chi connectivity index (χ0) is 16.2. The van der Waals surface area contributed by atoms with Crippen molar-refractivity contribution < 1.29 is 13.2 Å². The zero-order valence-corrected chi connectivity index (χ0v) is 13.9. The molecule has 7 heteroatoms. The minimum absolute atomic E-state index is 0.140. The van der Waals surface area contributed by atoms with Crippen LogP contribution >= 0.6 is 11.3 Å². The number of nitrogens with zero attached hydrogens (tertiary/aromatic N) is 2. The predicted octanol–water partition coefficient (Wildman–Crippen LogP) is 2.28. The molecule has 1 aromatic carbocycles. The summed E-state index contributed by atoms with van der Waals surface area (Å²) in [5.74, 6) is 2.98. The van der Waals surface area contributed by atoms with Gasteiger partial charge in [0.1, 0.15) is 12.4 Å². The normalized spacial score (nSPS) is 11.4. The molecule has 0 aliphatic rings. The standard InChI is InChI=1S/C15H16N2O3S2/c1-4-9-20-14-8-6-5-7-13(14)11-17(3)22(18,19)15-10-16-12(2)21-15/h1,5-8,10H,9,11H2,2-3H3. The lowest BCUT2D eigenvalue weighted by molar-refractivity contribution is 0.360. The average Bonchev–Trinajstić information content (AvgIpc) is 2.93. The largest absolute Gasteiger partial charge is 0.481 e. The van der Waals surface area contributed by atoms with Gasteiger partial charge >= 0.3 is 0 Å². The smallest absolute Gasteiger partial charge is 0.254 e. The number of sulfonamides is 1. The van der Waals surface area contributed by atoms with Crippen LogP contribution in [0.15, 0.2) is 34.7 Å². The fourth-order valence-electron chi connectivity index (χ4n) is 1.83. The van der Waals surface area contributed by atoms with Crippen molar-refractivity contribution in [2.75, 3.05) is 13.7 Å². The molecule has 22 heavy (non-hydrogen) atoms. The van der Waals surface area contributed by atoms with Crippen LogP contribution < -0.4 is 4.74 Å². The second-order valence-electron chi connectivity index (χ2n) is 4.56. The van der Waals surface area contributed by atoms with Gasteiger partial charge in [0.05, 0.1) is 11.2 Å². The van der Waals surface area contributed by atoms with Crippen molar-refractivity contribution >= 4 is 21.4 Å². The van der Waals surface area contributed by atoms with E-state index in [1.165, 1.54) is 17.5 Å². The maximum absolute atomic E-state index is 12.5. The number of hydrogen-bond donors (Lipinski definition) is 0. The average molecular weight is 336 g/mol. The molecule has 0 saturated carbocycles. The van der Waals surface area contributed by atoms with E-state index in [0.29, 0.717) is 10.8 Å². The molecule has 1 heterocycles. The molecule has 2 rings (SSSR count). The number of benzene rings is 1. The Morgan fingerprint density at radius 3 is 2.77 bits per heavy atom. The number of hydrogen-bond acceptors (Lipinski definition) is 5. The van der Waals surface area contributed by atoms with Crippen LogP contribution in [0, 0.1) is 19.3 Å². The van der Waals surface area contributed by atoms with Gasteiger partial charge in [-0.15, -0.1) is 17.8 Å². The van der Waals surface area contributed by atoms with Crippen LogP contribution in [0.2, 0.25) is 0 Å².